The maximum atomic E-state index is 3.79. The van der Waals surface area contributed by atoms with Gasteiger partial charge in [-0.3, -0.25) is 0 Å². The SMILES string of the molecule is [CH2]CCCCCC#C[C](C)C. The summed E-state index contributed by atoms with van der Waals surface area (Å²) in [5, 5.41) is 0. The van der Waals surface area contributed by atoms with Crippen molar-refractivity contribution in [1.82, 2.24) is 0 Å². The van der Waals surface area contributed by atoms with Crippen LogP contribution >= 0.6 is 0 Å². The fourth-order valence-corrected chi connectivity index (χ4v) is 0.806. The van der Waals surface area contributed by atoms with E-state index in [0.717, 1.165) is 12.8 Å². The van der Waals surface area contributed by atoms with Crippen LogP contribution in [0.25, 0.3) is 0 Å². The summed E-state index contributed by atoms with van der Waals surface area (Å²) >= 11 is 0. The topological polar surface area (TPSA) is 0 Å². The number of rotatable bonds is 4. The van der Waals surface area contributed by atoms with Crippen molar-refractivity contribution in [3.63, 3.8) is 0 Å². The van der Waals surface area contributed by atoms with Gasteiger partial charge in [0.05, 0.1) is 0 Å². The van der Waals surface area contributed by atoms with Gasteiger partial charge in [0, 0.05) is 12.3 Å². The van der Waals surface area contributed by atoms with E-state index in [-0.39, 0.29) is 0 Å². The highest BCUT2D eigenvalue weighted by Gasteiger charge is 1.85. The molecule has 0 heterocycles. The molecule has 11 heavy (non-hydrogen) atoms. The highest BCUT2D eigenvalue weighted by molar-refractivity contribution is 5.16. The Kier molecular flexibility index (Phi) is 7.36. The van der Waals surface area contributed by atoms with E-state index < -0.39 is 0 Å². The minimum atomic E-state index is 1.05. The molecule has 0 rings (SSSR count). The van der Waals surface area contributed by atoms with Crippen molar-refractivity contribution in [2.24, 2.45) is 0 Å². The van der Waals surface area contributed by atoms with Gasteiger partial charge in [-0.2, -0.15) is 0 Å². The molecule has 0 bridgehead atoms. The Hall–Kier alpha value is -0.440. The van der Waals surface area contributed by atoms with Crippen LogP contribution in [-0.4, -0.2) is 0 Å². The van der Waals surface area contributed by atoms with Gasteiger partial charge >= 0.3 is 0 Å². The van der Waals surface area contributed by atoms with Crippen molar-refractivity contribution in [3.8, 4) is 11.8 Å². The molecule has 0 fully saturated rings. The van der Waals surface area contributed by atoms with Gasteiger partial charge < -0.3 is 0 Å². The summed E-state index contributed by atoms with van der Waals surface area (Å²) in [5.74, 6) is 7.42. The highest BCUT2D eigenvalue weighted by Crippen LogP contribution is 2.01. The molecule has 0 atom stereocenters. The zero-order chi connectivity index (χ0) is 8.53. The molecule has 0 aromatic heterocycles. The van der Waals surface area contributed by atoms with Crippen LogP contribution in [0.5, 0.6) is 0 Å². The van der Waals surface area contributed by atoms with Gasteiger partial charge in [-0.25, -0.2) is 0 Å². The molecule has 0 aromatic rings. The summed E-state index contributed by atoms with van der Waals surface area (Å²) in [6.07, 6.45) is 5.87. The van der Waals surface area contributed by atoms with Crippen LogP contribution in [0.15, 0.2) is 0 Å². The molecule has 0 aliphatic heterocycles. The molecule has 0 N–H and O–H groups in total. The quantitative estimate of drug-likeness (QED) is 0.425. The van der Waals surface area contributed by atoms with E-state index in [1.54, 1.807) is 0 Å². The first-order valence-electron chi connectivity index (χ1n) is 4.35. The van der Waals surface area contributed by atoms with Gasteiger partial charge in [-0.15, -0.1) is 5.92 Å². The van der Waals surface area contributed by atoms with Gasteiger partial charge in [-0.1, -0.05) is 32.1 Å². The summed E-state index contributed by atoms with van der Waals surface area (Å²) in [4.78, 5) is 0. The maximum absolute atomic E-state index is 3.79. The minimum Gasteiger partial charge on any atom is -0.103 e. The van der Waals surface area contributed by atoms with Crippen LogP contribution in [0.4, 0.5) is 0 Å². The van der Waals surface area contributed by atoms with E-state index in [1.165, 1.54) is 25.2 Å². The smallest absolute Gasteiger partial charge is 0.0418 e. The summed E-state index contributed by atoms with van der Waals surface area (Å²) in [7, 11) is 0. The average Bonchev–Trinajstić information content (AvgIpc) is 1.96. The van der Waals surface area contributed by atoms with Crippen LogP contribution in [0.3, 0.4) is 0 Å². The van der Waals surface area contributed by atoms with Crippen molar-refractivity contribution in [2.75, 3.05) is 0 Å². The molecule has 62 valence electrons. The molecule has 0 spiro atoms. The number of unbranched alkanes of at least 4 members (excludes halogenated alkanes) is 4. The standard InChI is InChI=1S/C11H18/c1-4-5-6-7-8-9-10-11(2)3/h1,4-8H2,2-3H3. The zero-order valence-corrected chi connectivity index (χ0v) is 7.74. The molecule has 0 heteroatoms. The van der Waals surface area contributed by atoms with Gasteiger partial charge in [0.2, 0.25) is 0 Å². The first kappa shape index (κ1) is 10.6. The van der Waals surface area contributed by atoms with Gasteiger partial charge in [0.1, 0.15) is 0 Å². The lowest BCUT2D eigenvalue weighted by molar-refractivity contribution is 0.701. The van der Waals surface area contributed by atoms with E-state index in [1.807, 2.05) is 13.8 Å². The van der Waals surface area contributed by atoms with E-state index in [9.17, 15) is 0 Å². The van der Waals surface area contributed by atoms with Gasteiger partial charge in [0.15, 0.2) is 0 Å². The van der Waals surface area contributed by atoms with Gasteiger partial charge in [0.25, 0.3) is 0 Å². The lowest BCUT2D eigenvalue weighted by atomic mass is 10.1. The van der Waals surface area contributed by atoms with Gasteiger partial charge in [-0.05, 0) is 20.3 Å². The molecular weight excluding hydrogens is 132 g/mol. The Labute approximate surface area is 71.4 Å². The fourth-order valence-electron chi connectivity index (χ4n) is 0.806. The first-order valence-corrected chi connectivity index (χ1v) is 4.35. The molecule has 0 saturated heterocycles. The van der Waals surface area contributed by atoms with Crippen molar-refractivity contribution in [2.45, 2.75) is 46.0 Å². The van der Waals surface area contributed by atoms with Crippen molar-refractivity contribution in [1.29, 1.82) is 0 Å². The third kappa shape index (κ3) is 9.56. The third-order valence-electron chi connectivity index (χ3n) is 1.39. The normalized spacial score (nSPS) is 9.45. The Balaban J connectivity index is 3.09. The Morgan fingerprint density at radius 2 is 1.91 bits per heavy atom. The molecule has 0 aliphatic rings. The second-order valence-electron chi connectivity index (χ2n) is 2.97. The molecule has 0 unspecified atom stereocenters. The molecule has 0 amide bonds. The summed E-state index contributed by atoms with van der Waals surface area (Å²) in [6.45, 7) is 7.88. The van der Waals surface area contributed by atoms with Crippen LogP contribution < -0.4 is 0 Å². The molecule has 0 saturated carbocycles. The van der Waals surface area contributed by atoms with Crippen LogP contribution in [-0.2, 0) is 0 Å². The molecule has 0 nitrogen and oxygen atoms in total. The largest absolute Gasteiger partial charge is 0.103 e. The van der Waals surface area contributed by atoms with Crippen molar-refractivity contribution < 1.29 is 0 Å². The van der Waals surface area contributed by atoms with Crippen LogP contribution in [0.1, 0.15) is 46.0 Å². The second-order valence-corrected chi connectivity index (χ2v) is 2.97. The van der Waals surface area contributed by atoms with Crippen LogP contribution in [0, 0.1) is 24.7 Å². The second kappa shape index (κ2) is 7.66. The van der Waals surface area contributed by atoms with Crippen molar-refractivity contribution in [3.05, 3.63) is 12.8 Å². The monoisotopic (exact) mass is 150 g/mol. The molecular formula is C11H18. The number of hydrogen-bond donors (Lipinski definition) is 0. The molecule has 0 aromatic carbocycles. The minimum absolute atomic E-state index is 1.05. The summed E-state index contributed by atoms with van der Waals surface area (Å²) in [6, 6.07) is 0. The van der Waals surface area contributed by atoms with E-state index in [4.69, 9.17) is 0 Å². The lowest BCUT2D eigenvalue weighted by Crippen LogP contribution is -1.77. The molecule has 0 aliphatic carbocycles. The Morgan fingerprint density at radius 1 is 1.18 bits per heavy atom. The summed E-state index contributed by atoms with van der Waals surface area (Å²) < 4.78 is 0. The average molecular weight is 150 g/mol. The lowest BCUT2D eigenvalue weighted by Gasteiger charge is -1.92. The highest BCUT2D eigenvalue weighted by atomic mass is 13.9. The fraction of sp³-hybridized carbons (Fsp3) is 0.636. The predicted molar refractivity (Wildman–Crippen MR) is 50.8 cm³/mol. The first-order chi connectivity index (χ1) is 5.27. The Morgan fingerprint density at radius 3 is 2.45 bits per heavy atom. The predicted octanol–water partition coefficient (Wildman–Crippen LogP) is 3.39. The van der Waals surface area contributed by atoms with E-state index in [0.29, 0.717) is 0 Å². The Bertz CT molecular complexity index is 123. The zero-order valence-electron chi connectivity index (χ0n) is 7.74. The maximum Gasteiger partial charge on any atom is 0.0418 e. The van der Waals surface area contributed by atoms with E-state index >= 15 is 0 Å². The summed E-state index contributed by atoms with van der Waals surface area (Å²) in [5.41, 5.74) is 0. The molecule has 2 radical (unpaired) electrons. The van der Waals surface area contributed by atoms with E-state index in [2.05, 4.69) is 18.8 Å². The van der Waals surface area contributed by atoms with Crippen LogP contribution in [0.2, 0.25) is 0 Å². The van der Waals surface area contributed by atoms with Crippen molar-refractivity contribution >= 4 is 0 Å². The number of hydrogen-bond acceptors (Lipinski definition) is 0. The third-order valence-corrected chi connectivity index (χ3v) is 1.39.